The van der Waals surface area contributed by atoms with Crippen LogP contribution in [0.15, 0.2) is 35.7 Å². The summed E-state index contributed by atoms with van der Waals surface area (Å²) in [5.41, 5.74) is 7.23. The number of methoxy groups -OCH3 is 1. The highest BCUT2D eigenvalue weighted by molar-refractivity contribution is 5.97. The minimum Gasteiger partial charge on any atom is -0.496 e. The standard InChI is InChI=1S/C14H18N4O2/c1-3-13-16-6-7-18(13)9-11-8-10(14(15)17-19)4-5-12(11)20-2/h4-8,19H,3,9H2,1-2H3,(H2,15,17). The van der Waals surface area contributed by atoms with Gasteiger partial charge in [-0.2, -0.15) is 0 Å². The maximum atomic E-state index is 8.76. The summed E-state index contributed by atoms with van der Waals surface area (Å²) in [7, 11) is 1.62. The molecule has 6 nitrogen and oxygen atoms in total. The highest BCUT2D eigenvalue weighted by Gasteiger charge is 2.09. The summed E-state index contributed by atoms with van der Waals surface area (Å²) < 4.78 is 7.41. The second kappa shape index (κ2) is 6.10. The van der Waals surface area contributed by atoms with Crippen molar-refractivity contribution in [2.45, 2.75) is 19.9 Å². The Morgan fingerprint density at radius 3 is 2.95 bits per heavy atom. The molecule has 20 heavy (non-hydrogen) atoms. The molecular formula is C14H18N4O2. The lowest BCUT2D eigenvalue weighted by Crippen LogP contribution is -2.14. The second-order valence-electron chi connectivity index (χ2n) is 4.34. The third-order valence-electron chi connectivity index (χ3n) is 3.14. The fourth-order valence-electron chi connectivity index (χ4n) is 2.10. The predicted octanol–water partition coefficient (Wildman–Crippen LogP) is 1.60. The van der Waals surface area contributed by atoms with Gasteiger partial charge < -0.3 is 20.2 Å². The summed E-state index contributed by atoms with van der Waals surface area (Å²) in [6.45, 7) is 2.68. The van der Waals surface area contributed by atoms with E-state index in [0.29, 0.717) is 12.1 Å². The molecule has 0 atom stereocenters. The highest BCUT2D eigenvalue weighted by Crippen LogP contribution is 2.21. The zero-order valence-electron chi connectivity index (χ0n) is 11.6. The molecule has 1 aromatic heterocycles. The molecule has 0 aliphatic rings. The number of nitrogens with zero attached hydrogens (tertiary/aromatic N) is 3. The lowest BCUT2D eigenvalue weighted by atomic mass is 10.1. The van der Waals surface area contributed by atoms with Crippen molar-refractivity contribution in [3.8, 4) is 5.75 Å². The lowest BCUT2D eigenvalue weighted by molar-refractivity contribution is 0.318. The molecule has 2 rings (SSSR count). The van der Waals surface area contributed by atoms with E-state index in [2.05, 4.69) is 17.1 Å². The van der Waals surface area contributed by atoms with Crippen LogP contribution in [-0.2, 0) is 13.0 Å². The van der Waals surface area contributed by atoms with Crippen molar-refractivity contribution in [3.05, 3.63) is 47.5 Å². The van der Waals surface area contributed by atoms with Crippen LogP contribution in [0.1, 0.15) is 23.9 Å². The van der Waals surface area contributed by atoms with Crippen molar-refractivity contribution in [1.29, 1.82) is 0 Å². The minimum absolute atomic E-state index is 0.0789. The Morgan fingerprint density at radius 1 is 1.50 bits per heavy atom. The molecule has 0 saturated heterocycles. The molecule has 6 heteroatoms. The predicted molar refractivity (Wildman–Crippen MR) is 76.2 cm³/mol. The minimum atomic E-state index is 0.0789. The zero-order chi connectivity index (χ0) is 14.5. The maximum absolute atomic E-state index is 8.76. The first-order chi connectivity index (χ1) is 9.69. The topological polar surface area (TPSA) is 85.7 Å². The number of ether oxygens (including phenoxy) is 1. The van der Waals surface area contributed by atoms with Gasteiger partial charge in [0.1, 0.15) is 11.6 Å². The van der Waals surface area contributed by atoms with Gasteiger partial charge >= 0.3 is 0 Å². The molecule has 0 aliphatic carbocycles. The Balaban J connectivity index is 2.38. The molecule has 0 fully saturated rings. The first kappa shape index (κ1) is 13.9. The molecular weight excluding hydrogens is 256 g/mol. The molecule has 0 amide bonds. The number of oxime groups is 1. The van der Waals surface area contributed by atoms with Crippen LogP contribution in [0.25, 0.3) is 0 Å². The molecule has 2 aromatic rings. The summed E-state index contributed by atoms with van der Waals surface area (Å²) in [6.07, 6.45) is 4.56. The van der Waals surface area contributed by atoms with Crippen molar-refractivity contribution in [2.24, 2.45) is 10.9 Å². The lowest BCUT2D eigenvalue weighted by Gasteiger charge is -2.12. The van der Waals surface area contributed by atoms with Crippen molar-refractivity contribution in [1.82, 2.24) is 9.55 Å². The van der Waals surface area contributed by atoms with Gasteiger partial charge in [0.05, 0.1) is 13.7 Å². The third-order valence-corrected chi connectivity index (χ3v) is 3.14. The maximum Gasteiger partial charge on any atom is 0.170 e. The SMILES string of the molecule is CCc1nccn1Cc1cc(/C(N)=N/O)ccc1OC. The van der Waals surface area contributed by atoms with Gasteiger partial charge in [-0.3, -0.25) is 0 Å². The fourth-order valence-corrected chi connectivity index (χ4v) is 2.10. The number of rotatable bonds is 5. The van der Waals surface area contributed by atoms with Crippen LogP contribution in [0, 0.1) is 0 Å². The van der Waals surface area contributed by atoms with Crippen molar-refractivity contribution >= 4 is 5.84 Å². The smallest absolute Gasteiger partial charge is 0.170 e. The number of imidazole rings is 1. The second-order valence-corrected chi connectivity index (χ2v) is 4.34. The molecule has 0 radical (unpaired) electrons. The number of aryl methyl sites for hydroxylation is 1. The zero-order valence-corrected chi connectivity index (χ0v) is 11.6. The number of hydrogen-bond acceptors (Lipinski definition) is 4. The van der Waals surface area contributed by atoms with Gasteiger partial charge in [-0.25, -0.2) is 4.98 Å². The Hall–Kier alpha value is -2.50. The van der Waals surface area contributed by atoms with Gasteiger partial charge in [-0.05, 0) is 18.2 Å². The van der Waals surface area contributed by atoms with Gasteiger partial charge in [0.15, 0.2) is 5.84 Å². The summed E-state index contributed by atoms with van der Waals surface area (Å²) in [6, 6.07) is 5.42. The van der Waals surface area contributed by atoms with Crippen LogP contribution in [0.4, 0.5) is 0 Å². The average Bonchev–Trinajstić information content (AvgIpc) is 2.93. The van der Waals surface area contributed by atoms with Gasteiger partial charge in [0, 0.05) is 29.9 Å². The van der Waals surface area contributed by atoms with E-state index in [1.807, 2.05) is 22.9 Å². The van der Waals surface area contributed by atoms with E-state index in [-0.39, 0.29) is 5.84 Å². The highest BCUT2D eigenvalue weighted by atomic mass is 16.5. The Bertz CT molecular complexity index is 619. The quantitative estimate of drug-likeness (QED) is 0.375. The molecule has 3 N–H and O–H groups in total. The van der Waals surface area contributed by atoms with Crippen LogP contribution >= 0.6 is 0 Å². The monoisotopic (exact) mass is 274 g/mol. The van der Waals surface area contributed by atoms with Gasteiger partial charge in [0.2, 0.25) is 0 Å². The Morgan fingerprint density at radius 2 is 2.30 bits per heavy atom. The van der Waals surface area contributed by atoms with Gasteiger partial charge in [0.25, 0.3) is 0 Å². The first-order valence-electron chi connectivity index (χ1n) is 6.34. The van der Waals surface area contributed by atoms with E-state index < -0.39 is 0 Å². The summed E-state index contributed by atoms with van der Waals surface area (Å²) >= 11 is 0. The summed E-state index contributed by atoms with van der Waals surface area (Å²) in [4.78, 5) is 4.29. The van der Waals surface area contributed by atoms with Gasteiger partial charge in [-0.1, -0.05) is 12.1 Å². The normalized spacial score (nSPS) is 11.6. The van der Waals surface area contributed by atoms with Crippen molar-refractivity contribution in [3.63, 3.8) is 0 Å². The van der Waals surface area contributed by atoms with E-state index in [0.717, 1.165) is 23.6 Å². The number of nitrogens with two attached hydrogens (primary N) is 1. The van der Waals surface area contributed by atoms with Crippen LogP contribution < -0.4 is 10.5 Å². The largest absolute Gasteiger partial charge is 0.496 e. The van der Waals surface area contributed by atoms with E-state index in [1.165, 1.54) is 0 Å². The number of benzene rings is 1. The molecule has 0 bridgehead atoms. The summed E-state index contributed by atoms with van der Waals surface area (Å²) in [5, 5.41) is 11.8. The Labute approximate surface area is 117 Å². The molecule has 1 aromatic carbocycles. The van der Waals surface area contributed by atoms with E-state index in [1.54, 1.807) is 19.4 Å². The van der Waals surface area contributed by atoms with Crippen LogP contribution in [0.2, 0.25) is 0 Å². The average molecular weight is 274 g/mol. The fraction of sp³-hybridized carbons (Fsp3) is 0.286. The number of aromatic nitrogens is 2. The third kappa shape index (κ3) is 2.74. The van der Waals surface area contributed by atoms with Crippen LogP contribution in [0.3, 0.4) is 0 Å². The molecule has 0 spiro atoms. The summed E-state index contributed by atoms with van der Waals surface area (Å²) in [5.74, 6) is 1.84. The molecule has 0 unspecified atom stereocenters. The molecule has 1 heterocycles. The van der Waals surface area contributed by atoms with Crippen molar-refractivity contribution in [2.75, 3.05) is 7.11 Å². The van der Waals surface area contributed by atoms with Gasteiger partial charge in [-0.15, -0.1) is 0 Å². The van der Waals surface area contributed by atoms with E-state index in [4.69, 9.17) is 15.7 Å². The molecule has 0 aliphatic heterocycles. The van der Waals surface area contributed by atoms with Crippen LogP contribution in [0.5, 0.6) is 5.75 Å². The number of amidine groups is 1. The van der Waals surface area contributed by atoms with E-state index >= 15 is 0 Å². The van der Waals surface area contributed by atoms with E-state index in [9.17, 15) is 0 Å². The van der Waals surface area contributed by atoms with Crippen LogP contribution in [-0.4, -0.2) is 27.7 Å². The Kier molecular flexibility index (Phi) is 4.24. The number of hydrogen-bond donors (Lipinski definition) is 2. The van der Waals surface area contributed by atoms with Crippen molar-refractivity contribution < 1.29 is 9.94 Å². The molecule has 106 valence electrons. The molecule has 0 saturated carbocycles. The first-order valence-corrected chi connectivity index (χ1v) is 6.34.